The minimum Gasteiger partial charge on any atom is -0.490 e. The highest BCUT2D eigenvalue weighted by Crippen LogP contribution is 2.46. The van der Waals surface area contributed by atoms with Gasteiger partial charge in [-0.1, -0.05) is 6.42 Å². The third-order valence-electron chi connectivity index (χ3n) is 5.79. The van der Waals surface area contributed by atoms with Gasteiger partial charge in [-0.05, 0) is 37.8 Å². The van der Waals surface area contributed by atoms with Crippen LogP contribution in [0.1, 0.15) is 38.5 Å². The average Bonchev–Trinajstić information content (AvgIpc) is 2.83. The van der Waals surface area contributed by atoms with E-state index in [4.69, 9.17) is 9.47 Å². The molecule has 0 bridgehead atoms. The molecule has 2 heterocycles. The van der Waals surface area contributed by atoms with Crippen LogP contribution in [0.5, 0.6) is 11.5 Å². The topological polar surface area (TPSA) is 76.1 Å². The number of aliphatic hydroxyl groups is 1. The van der Waals surface area contributed by atoms with Gasteiger partial charge in [0.05, 0.1) is 24.2 Å². The first kappa shape index (κ1) is 17.1. The van der Waals surface area contributed by atoms with Gasteiger partial charge in [0, 0.05) is 31.0 Å². The molecule has 25 heavy (non-hydrogen) atoms. The van der Waals surface area contributed by atoms with E-state index >= 15 is 0 Å². The molecule has 0 radical (unpaired) electrons. The van der Waals surface area contributed by atoms with Crippen molar-refractivity contribution in [1.29, 1.82) is 0 Å². The van der Waals surface area contributed by atoms with Crippen molar-refractivity contribution in [1.82, 2.24) is 4.31 Å². The molecule has 1 aromatic rings. The third-order valence-corrected chi connectivity index (χ3v) is 7.63. The second kappa shape index (κ2) is 6.45. The van der Waals surface area contributed by atoms with Crippen molar-refractivity contribution in [3.8, 4) is 11.5 Å². The van der Waals surface area contributed by atoms with Crippen LogP contribution in [0.3, 0.4) is 0 Å². The number of aliphatic hydroxyl groups excluding tert-OH is 1. The van der Waals surface area contributed by atoms with Gasteiger partial charge < -0.3 is 14.6 Å². The van der Waals surface area contributed by atoms with Crippen LogP contribution in [-0.2, 0) is 10.0 Å². The highest BCUT2D eigenvalue weighted by Gasteiger charge is 2.47. The molecule has 1 aliphatic carbocycles. The Hall–Kier alpha value is -1.31. The fraction of sp³-hybridized carbons (Fsp3) is 0.667. The first-order valence-corrected chi connectivity index (χ1v) is 10.5. The zero-order valence-electron chi connectivity index (χ0n) is 14.3. The van der Waals surface area contributed by atoms with Crippen molar-refractivity contribution in [2.24, 2.45) is 5.41 Å². The molecule has 2 atom stereocenters. The predicted octanol–water partition coefficient (Wildman–Crippen LogP) is 2.16. The molecule has 1 N–H and O–H groups in total. The number of rotatable bonds is 2. The van der Waals surface area contributed by atoms with E-state index in [1.807, 2.05) is 0 Å². The number of sulfonamides is 1. The lowest BCUT2D eigenvalue weighted by atomic mass is 9.77. The van der Waals surface area contributed by atoms with Gasteiger partial charge in [-0.15, -0.1) is 0 Å². The number of hydrogen-bond acceptors (Lipinski definition) is 5. The first-order chi connectivity index (χ1) is 12.0. The van der Waals surface area contributed by atoms with Crippen LogP contribution in [0.4, 0.5) is 0 Å². The van der Waals surface area contributed by atoms with Crippen LogP contribution in [0.15, 0.2) is 23.1 Å². The predicted molar refractivity (Wildman–Crippen MR) is 92.3 cm³/mol. The number of nitrogens with zero attached hydrogens (tertiary/aromatic N) is 1. The van der Waals surface area contributed by atoms with E-state index in [9.17, 15) is 13.5 Å². The van der Waals surface area contributed by atoms with E-state index in [2.05, 4.69) is 0 Å². The summed E-state index contributed by atoms with van der Waals surface area (Å²) in [5.74, 6) is 1.09. The Labute approximate surface area is 148 Å². The molecule has 0 amide bonds. The number of benzene rings is 1. The van der Waals surface area contributed by atoms with Gasteiger partial charge in [0.2, 0.25) is 10.0 Å². The van der Waals surface area contributed by atoms with Crippen molar-refractivity contribution < 1.29 is 23.0 Å². The Kier molecular flexibility index (Phi) is 4.42. The zero-order valence-corrected chi connectivity index (χ0v) is 15.1. The van der Waals surface area contributed by atoms with Crippen LogP contribution in [0.25, 0.3) is 0 Å². The molecule has 0 aromatic heterocycles. The second-order valence-electron chi connectivity index (χ2n) is 7.37. The summed E-state index contributed by atoms with van der Waals surface area (Å²) in [6.45, 7) is 2.01. The normalized spacial score (nSPS) is 30.4. The fourth-order valence-corrected chi connectivity index (χ4v) is 5.96. The van der Waals surface area contributed by atoms with E-state index in [0.717, 1.165) is 38.5 Å². The maximum absolute atomic E-state index is 13.2. The number of piperidine rings is 1. The largest absolute Gasteiger partial charge is 0.490 e. The van der Waals surface area contributed by atoms with Crippen LogP contribution in [0, 0.1) is 5.41 Å². The van der Waals surface area contributed by atoms with Gasteiger partial charge in [0.25, 0.3) is 0 Å². The third kappa shape index (κ3) is 3.02. The highest BCUT2D eigenvalue weighted by atomic mass is 32.2. The summed E-state index contributed by atoms with van der Waals surface area (Å²) in [5, 5.41) is 10.4. The molecule has 1 unspecified atom stereocenters. The van der Waals surface area contributed by atoms with Crippen LogP contribution in [0.2, 0.25) is 0 Å². The first-order valence-electron chi connectivity index (χ1n) is 9.09. The Balaban J connectivity index is 1.62. The van der Waals surface area contributed by atoms with Gasteiger partial charge in [0.15, 0.2) is 11.5 Å². The van der Waals surface area contributed by atoms with Gasteiger partial charge in [-0.3, -0.25) is 0 Å². The molecule has 1 aromatic carbocycles. The van der Waals surface area contributed by atoms with E-state index in [-0.39, 0.29) is 10.3 Å². The Morgan fingerprint density at radius 2 is 1.84 bits per heavy atom. The molecule has 6 nitrogen and oxygen atoms in total. The highest BCUT2D eigenvalue weighted by molar-refractivity contribution is 7.89. The summed E-state index contributed by atoms with van der Waals surface area (Å²) in [5.41, 5.74) is -0.267. The summed E-state index contributed by atoms with van der Waals surface area (Å²) in [7, 11) is -3.61. The maximum atomic E-state index is 13.2. The molecule has 2 fully saturated rings. The Morgan fingerprint density at radius 3 is 2.60 bits per heavy atom. The lowest BCUT2D eigenvalue weighted by Crippen LogP contribution is -2.49. The lowest BCUT2D eigenvalue weighted by molar-refractivity contribution is 0.0127. The molecule has 7 heteroatoms. The van der Waals surface area contributed by atoms with E-state index < -0.39 is 16.1 Å². The number of ether oxygens (including phenoxy) is 2. The molecule has 1 saturated carbocycles. The number of fused-ring (bicyclic) bond motifs is 1. The molecule has 1 saturated heterocycles. The van der Waals surface area contributed by atoms with E-state index in [0.29, 0.717) is 37.8 Å². The molecule has 3 aliphatic rings. The molecule has 4 rings (SSSR count). The zero-order chi connectivity index (χ0) is 17.5. The van der Waals surface area contributed by atoms with Crippen molar-refractivity contribution in [3.63, 3.8) is 0 Å². The minimum atomic E-state index is -3.61. The SMILES string of the molecule is O=S(=O)(c1ccc2c(c1)OCCCO2)N1CCC[C@]2(CCCC2O)C1. The number of hydrogen-bond donors (Lipinski definition) is 1. The van der Waals surface area contributed by atoms with E-state index in [1.165, 1.54) is 0 Å². The summed E-state index contributed by atoms with van der Waals surface area (Å²) in [6, 6.07) is 4.84. The van der Waals surface area contributed by atoms with Gasteiger partial charge in [-0.25, -0.2) is 8.42 Å². The van der Waals surface area contributed by atoms with Gasteiger partial charge >= 0.3 is 0 Å². The molecule has 1 spiro atoms. The van der Waals surface area contributed by atoms with Crippen LogP contribution < -0.4 is 9.47 Å². The van der Waals surface area contributed by atoms with Crippen molar-refractivity contribution in [3.05, 3.63) is 18.2 Å². The Bertz CT molecular complexity index is 750. The van der Waals surface area contributed by atoms with E-state index in [1.54, 1.807) is 22.5 Å². The molecule has 138 valence electrons. The maximum Gasteiger partial charge on any atom is 0.243 e. The standard InChI is InChI=1S/C18H25NO5S/c20-17-4-1-7-18(17)8-2-9-19(13-18)25(21,22)14-5-6-15-16(12-14)24-11-3-10-23-15/h5-6,12,17,20H,1-4,7-11,13H2/t17?,18-/m1/s1. The summed E-state index contributed by atoms with van der Waals surface area (Å²) in [4.78, 5) is 0.237. The average molecular weight is 367 g/mol. The quantitative estimate of drug-likeness (QED) is 0.867. The van der Waals surface area contributed by atoms with Crippen molar-refractivity contribution in [2.75, 3.05) is 26.3 Å². The molecule has 2 aliphatic heterocycles. The van der Waals surface area contributed by atoms with Crippen molar-refractivity contribution in [2.45, 2.75) is 49.5 Å². The summed E-state index contributed by atoms with van der Waals surface area (Å²) in [6.07, 6.45) is 4.73. The summed E-state index contributed by atoms with van der Waals surface area (Å²) >= 11 is 0. The van der Waals surface area contributed by atoms with Gasteiger partial charge in [0.1, 0.15) is 0 Å². The minimum absolute atomic E-state index is 0.237. The second-order valence-corrected chi connectivity index (χ2v) is 9.31. The molecular weight excluding hydrogens is 342 g/mol. The fourth-order valence-electron chi connectivity index (χ4n) is 4.37. The smallest absolute Gasteiger partial charge is 0.243 e. The molecular formula is C18H25NO5S. The lowest BCUT2D eigenvalue weighted by Gasteiger charge is -2.41. The Morgan fingerprint density at radius 1 is 1.08 bits per heavy atom. The van der Waals surface area contributed by atoms with Crippen LogP contribution >= 0.6 is 0 Å². The van der Waals surface area contributed by atoms with Gasteiger partial charge in [-0.2, -0.15) is 4.31 Å². The monoisotopic (exact) mass is 367 g/mol. The van der Waals surface area contributed by atoms with Crippen LogP contribution in [-0.4, -0.2) is 50.2 Å². The summed E-state index contributed by atoms with van der Waals surface area (Å²) < 4.78 is 39.1. The van der Waals surface area contributed by atoms with Crippen molar-refractivity contribution >= 4 is 10.0 Å².